The van der Waals surface area contributed by atoms with Crippen molar-refractivity contribution in [1.82, 2.24) is 10.3 Å². The number of nitrogens with zero attached hydrogens (tertiary/aromatic N) is 2. The molecule has 6 nitrogen and oxygen atoms in total. The van der Waals surface area contributed by atoms with Crippen molar-refractivity contribution in [3.8, 4) is 0 Å². The third-order valence-electron chi connectivity index (χ3n) is 3.77. The fourth-order valence-corrected chi connectivity index (χ4v) is 2.75. The maximum absolute atomic E-state index is 12.6. The second kappa shape index (κ2) is 7.97. The first-order chi connectivity index (χ1) is 12.6. The largest absolute Gasteiger partial charge is 0.444 e. The van der Waals surface area contributed by atoms with Crippen LogP contribution in [0.1, 0.15) is 26.5 Å². The van der Waals surface area contributed by atoms with Gasteiger partial charge in [-0.15, -0.1) is 0 Å². The Kier molecular flexibility index (Phi) is 5.48. The molecule has 0 aliphatic rings. The Hall–Kier alpha value is -2.93. The van der Waals surface area contributed by atoms with Gasteiger partial charge in [0.15, 0.2) is 10.4 Å². The van der Waals surface area contributed by atoms with E-state index in [9.17, 15) is 9.59 Å². The van der Waals surface area contributed by atoms with Crippen LogP contribution in [0, 0.1) is 0 Å². The lowest BCUT2D eigenvalue weighted by atomic mass is 10.1. The maximum atomic E-state index is 12.6. The summed E-state index contributed by atoms with van der Waals surface area (Å²) in [6.07, 6.45) is 3.37. The average molecular weight is 414 g/mol. The minimum Gasteiger partial charge on any atom is -0.444 e. The number of rotatable bonds is 5. The van der Waals surface area contributed by atoms with Crippen LogP contribution in [0.5, 0.6) is 0 Å². The van der Waals surface area contributed by atoms with Crippen molar-refractivity contribution in [3.63, 3.8) is 0 Å². The van der Waals surface area contributed by atoms with Crippen LogP contribution in [0.3, 0.4) is 0 Å². The number of aromatic nitrogens is 1. The summed E-state index contributed by atoms with van der Waals surface area (Å²) in [6, 6.07) is 13.8. The van der Waals surface area contributed by atoms with E-state index >= 15 is 0 Å². The summed E-state index contributed by atoms with van der Waals surface area (Å²) in [6.45, 7) is 0.351. The molecule has 0 radical (unpaired) electrons. The highest BCUT2D eigenvalue weighted by Crippen LogP contribution is 2.23. The van der Waals surface area contributed by atoms with Crippen molar-refractivity contribution in [2.75, 3.05) is 11.9 Å². The summed E-state index contributed by atoms with van der Waals surface area (Å²) in [4.78, 5) is 30.6. The molecular formula is C19H16BrN3O3. The summed E-state index contributed by atoms with van der Waals surface area (Å²) in [5.41, 5.74) is 1.79. The number of carbonyl (C=O) groups excluding carboxylic acids is 2. The van der Waals surface area contributed by atoms with E-state index in [4.69, 9.17) is 4.42 Å². The van der Waals surface area contributed by atoms with Gasteiger partial charge in [-0.05, 0) is 51.8 Å². The van der Waals surface area contributed by atoms with Gasteiger partial charge in [-0.3, -0.25) is 14.6 Å². The van der Waals surface area contributed by atoms with Crippen molar-refractivity contribution in [2.45, 2.75) is 6.54 Å². The average Bonchev–Trinajstić information content (AvgIpc) is 3.12. The molecule has 0 aliphatic carbocycles. The standard InChI is InChI=1S/C19H16BrN3O3/c1-23(19(25)16-8-9-17(20)26-16)15-7-3-2-6-14(15)18(24)22-12-13-5-4-10-21-11-13/h2-11H,12H2,1H3,(H,22,24). The SMILES string of the molecule is CN(C(=O)c1ccc(Br)o1)c1ccccc1C(=O)NCc1cccnc1. The molecule has 3 rings (SSSR count). The summed E-state index contributed by atoms with van der Waals surface area (Å²) in [7, 11) is 1.60. The highest BCUT2D eigenvalue weighted by Gasteiger charge is 2.21. The first kappa shape index (κ1) is 17.9. The molecule has 26 heavy (non-hydrogen) atoms. The predicted molar refractivity (Wildman–Crippen MR) is 101 cm³/mol. The molecule has 2 heterocycles. The number of anilines is 1. The number of benzene rings is 1. The number of carbonyl (C=O) groups is 2. The molecule has 2 aromatic heterocycles. The van der Waals surface area contributed by atoms with Gasteiger partial charge in [-0.1, -0.05) is 18.2 Å². The first-order valence-corrected chi connectivity index (χ1v) is 8.65. The first-order valence-electron chi connectivity index (χ1n) is 7.86. The quantitative estimate of drug-likeness (QED) is 0.692. The van der Waals surface area contributed by atoms with Crippen LogP contribution in [-0.4, -0.2) is 23.8 Å². The van der Waals surface area contributed by atoms with Crippen LogP contribution in [0.15, 0.2) is 70.0 Å². The topological polar surface area (TPSA) is 75.4 Å². The molecule has 0 bridgehead atoms. The second-order valence-corrected chi connectivity index (χ2v) is 6.31. The van der Waals surface area contributed by atoms with Gasteiger partial charge in [0, 0.05) is 26.0 Å². The van der Waals surface area contributed by atoms with E-state index in [0.29, 0.717) is 22.5 Å². The van der Waals surface area contributed by atoms with Crippen LogP contribution in [0.25, 0.3) is 0 Å². The highest BCUT2D eigenvalue weighted by molar-refractivity contribution is 9.10. The molecule has 0 atom stereocenters. The Balaban J connectivity index is 1.78. The van der Waals surface area contributed by atoms with Gasteiger partial charge >= 0.3 is 0 Å². The monoisotopic (exact) mass is 413 g/mol. The van der Waals surface area contributed by atoms with Gasteiger partial charge < -0.3 is 14.6 Å². The Labute approximate surface area is 159 Å². The van der Waals surface area contributed by atoms with E-state index in [0.717, 1.165) is 5.56 Å². The fourth-order valence-electron chi connectivity index (χ4n) is 2.44. The molecule has 3 aromatic rings. The molecule has 0 saturated heterocycles. The van der Waals surface area contributed by atoms with Crippen LogP contribution in [0.4, 0.5) is 5.69 Å². The van der Waals surface area contributed by atoms with Crippen LogP contribution in [0.2, 0.25) is 0 Å². The Morgan fingerprint density at radius 1 is 1.15 bits per heavy atom. The van der Waals surface area contributed by atoms with Crippen molar-refractivity contribution in [1.29, 1.82) is 0 Å². The van der Waals surface area contributed by atoms with Gasteiger partial charge in [-0.25, -0.2) is 0 Å². The Bertz CT molecular complexity index is 925. The molecular weight excluding hydrogens is 398 g/mol. The highest BCUT2D eigenvalue weighted by atomic mass is 79.9. The van der Waals surface area contributed by atoms with Gasteiger partial charge in [0.05, 0.1) is 11.3 Å². The maximum Gasteiger partial charge on any atom is 0.293 e. The summed E-state index contributed by atoms with van der Waals surface area (Å²) >= 11 is 3.18. The molecule has 0 saturated carbocycles. The zero-order valence-electron chi connectivity index (χ0n) is 14.0. The molecule has 0 spiro atoms. The van der Waals surface area contributed by atoms with Gasteiger partial charge in [0.1, 0.15) is 0 Å². The number of amides is 2. The second-order valence-electron chi connectivity index (χ2n) is 5.53. The van der Waals surface area contributed by atoms with Gasteiger partial charge in [0.25, 0.3) is 11.8 Å². The molecule has 0 aliphatic heterocycles. The molecule has 0 unspecified atom stereocenters. The third-order valence-corrected chi connectivity index (χ3v) is 4.20. The molecule has 132 valence electrons. The minimum absolute atomic E-state index is 0.185. The zero-order valence-corrected chi connectivity index (χ0v) is 15.6. The van der Waals surface area contributed by atoms with E-state index in [1.807, 2.05) is 12.1 Å². The van der Waals surface area contributed by atoms with Crippen LogP contribution in [-0.2, 0) is 6.54 Å². The van der Waals surface area contributed by atoms with Crippen molar-refractivity contribution in [2.24, 2.45) is 0 Å². The van der Waals surface area contributed by atoms with Gasteiger partial charge in [0.2, 0.25) is 0 Å². The molecule has 7 heteroatoms. The van der Waals surface area contributed by atoms with E-state index in [1.54, 1.807) is 55.8 Å². The van der Waals surface area contributed by atoms with Crippen molar-refractivity contribution < 1.29 is 14.0 Å². The van der Waals surface area contributed by atoms with E-state index in [-0.39, 0.29) is 17.6 Å². The molecule has 0 fully saturated rings. The number of hydrogen-bond donors (Lipinski definition) is 1. The third kappa shape index (κ3) is 4.00. The number of para-hydroxylation sites is 1. The summed E-state index contributed by atoms with van der Waals surface area (Å²) < 4.78 is 5.78. The predicted octanol–water partition coefficient (Wildman–Crippen LogP) is 3.64. The van der Waals surface area contributed by atoms with E-state index in [2.05, 4.69) is 26.2 Å². The molecule has 1 aromatic carbocycles. The number of halogens is 1. The van der Waals surface area contributed by atoms with Gasteiger partial charge in [-0.2, -0.15) is 0 Å². The van der Waals surface area contributed by atoms with Crippen LogP contribution < -0.4 is 10.2 Å². The fraction of sp³-hybridized carbons (Fsp3) is 0.105. The number of hydrogen-bond acceptors (Lipinski definition) is 4. The summed E-state index contributed by atoms with van der Waals surface area (Å²) in [5, 5.41) is 2.85. The van der Waals surface area contributed by atoms with Crippen LogP contribution >= 0.6 is 15.9 Å². The zero-order chi connectivity index (χ0) is 18.5. The van der Waals surface area contributed by atoms with E-state index in [1.165, 1.54) is 4.90 Å². The summed E-state index contributed by atoms with van der Waals surface area (Å²) in [5.74, 6) is -0.433. The van der Waals surface area contributed by atoms with Crippen molar-refractivity contribution in [3.05, 3.63) is 82.5 Å². The smallest absolute Gasteiger partial charge is 0.293 e. The number of pyridine rings is 1. The van der Waals surface area contributed by atoms with E-state index < -0.39 is 0 Å². The lowest BCUT2D eigenvalue weighted by Crippen LogP contribution is -2.30. The normalized spacial score (nSPS) is 10.4. The lowest BCUT2D eigenvalue weighted by Gasteiger charge is -2.19. The number of furan rings is 1. The molecule has 2 amide bonds. The Morgan fingerprint density at radius 3 is 2.65 bits per heavy atom. The Morgan fingerprint density at radius 2 is 1.96 bits per heavy atom. The minimum atomic E-state index is -0.344. The lowest BCUT2D eigenvalue weighted by molar-refractivity contribution is 0.0951. The molecule has 1 N–H and O–H groups in total. The van der Waals surface area contributed by atoms with Crippen molar-refractivity contribution >= 4 is 33.4 Å². The number of nitrogens with one attached hydrogen (secondary N) is 1.